The van der Waals surface area contributed by atoms with Crippen LogP contribution in [0.4, 0.5) is 10.1 Å². The number of aromatic nitrogens is 2. The number of fused-ring (bicyclic) bond motifs is 1. The van der Waals surface area contributed by atoms with Gasteiger partial charge in [-0.25, -0.2) is 9.37 Å². The van der Waals surface area contributed by atoms with Crippen LogP contribution in [0.25, 0.3) is 21.3 Å². The van der Waals surface area contributed by atoms with E-state index in [1.165, 1.54) is 34.4 Å². The first-order valence-electron chi connectivity index (χ1n) is 10.6. The molecule has 32 heavy (non-hydrogen) atoms. The summed E-state index contributed by atoms with van der Waals surface area (Å²) in [4.78, 5) is 32.1. The topological polar surface area (TPSA) is 64.0 Å². The molecule has 0 saturated heterocycles. The van der Waals surface area contributed by atoms with E-state index >= 15 is 0 Å². The number of aryl methyl sites for hydroxylation is 3. The van der Waals surface area contributed by atoms with E-state index < -0.39 is 0 Å². The summed E-state index contributed by atoms with van der Waals surface area (Å²) < 4.78 is 14.7. The van der Waals surface area contributed by atoms with E-state index in [1.807, 2.05) is 39.0 Å². The third kappa shape index (κ3) is 4.08. The van der Waals surface area contributed by atoms with Crippen molar-refractivity contribution in [3.63, 3.8) is 0 Å². The van der Waals surface area contributed by atoms with Crippen LogP contribution >= 0.6 is 11.3 Å². The van der Waals surface area contributed by atoms with Crippen LogP contribution in [0, 0.1) is 12.7 Å². The highest BCUT2D eigenvalue weighted by atomic mass is 32.1. The number of carbonyl (C=O) groups is 1. The summed E-state index contributed by atoms with van der Waals surface area (Å²) in [5, 5.41) is 3.45. The minimum absolute atomic E-state index is 0.138. The second-order valence-electron chi connectivity index (χ2n) is 7.60. The molecule has 4 rings (SSSR count). The number of amides is 1. The third-order valence-electron chi connectivity index (χ3n) is 5.56. The van der Waals surface area contributed by atoms with Crippen molar-refractivity contribution in [1.82, 2.24) is 9.55 Å². The van der Waals surface area contributed by atoms with Gasteiger partial charge in [-0.1, -0.05) is 44.2 Å². The van der Waals surface area contributed by atoms with Gasteiger partial charge in [0, 0.05) is 16.1 Å². The van der Waals surface area contributed by atoms with Crippen LogP contribution in [-0.4, -0.2) is 15.5 Å². The number of hydrogen-bond donors (Lipinski definition) is 1. The monoisotopic (exact) mass is 449 g/mol. The molecule has 0 aliphatic heterocycles. The highest BCUT2D eigenvalue weighted by molar-refractivity contribution is 7.19. The molecular formula is C25H24FN3O2S. The first-order chi connectivity index (χ1) is 15.4. The van der Waals surface area contributed by atoms with Crippen LogP contribution in [0.1, 0.15) is 29.9 Å². The summed E-state index contributed by atoms with van der Waals surface area (Å²) in [5.74, 6) is -0.615. The van der Waals surface area contributed by atoms with Crippen molar-refractivity contribution in [1.29, 1.82) is 0 Å². The van der Waals surface area contributed by atoms with E-state index in [0.717, 1.165) is 45.7 Å². The lowest BCUT2D eigenvalue weighted by Crippen LogP contribution is -2.28. The molecule has 2 heterocycles. The zero-order valence-corrected chi connectivity index (χ0v) is 19.1. The number of halogens is 1. The Hall–Kier alpha value is -3.32. The van der Waals surface area contributed by atoms with Gasteiger partial charge in [0.2, 0.25) is 5.91 Å². The smallest absolute Gasteiger partial charge is 0.263 e. The van der Waals surface area contributed by atoms with Crippen molar-refractivity contribution in [2.75, 3.05) is 5.32 Å². The Bertz CT molecular complexity index is 1330. The summed E-state index contributed by atoms with van der Waals surface area (Å²) >= 11 is 1.41. The van der Waals surface area contributed by atoms with Gasteiger partial charge < -0.3 is 5.32 Å². The Morgan fingerprint density at radius 3 is 2.38 bits per heavy atom. The molecule has 1 N–H and O–H groups in total. The molecule has 2 aromatic carbocycles. The summed E-state index contributed by atoms with van der Waals surface area (Å²) in [6.45, 7) is 5.86. The highest BCUT2D eigenvalue weighted by Crippen LogP contribution is 2.35. The Morgan fingerprint density at radius 2 is 1.75 bits per heavy atom. The summed E-state index contributed by atoms with van der Waals surface area (Å²) in [6.07, 6.45) is 3.01. The Labute approximate surface area is 189 Å². The molecule has 0 radical (unpaired) electrons. The average Bonchev–Trinajstić information content (AvgIpc) is 3.13. The molecule has 5 nitrogen and oxygen atoms in total. The van der Waals surface area contributed by atoms with Crippen LogP contribution in [-0.2, 0) is 24.2 Å². The van der Waals surface area contributed by atoms with Crippen molar-refractivity contribution in [3.05, 3.63) is 81.0 Å². The van der Waals surface area contributed by atoms with Crippen molar-refractivity contribution in [3.8, 4) is 11.1 Å². The second kappa shape index (κ2) is 9.04. The number of nitrogens with one attached hydrogen (secondary N) is 1. The molecule has 0 aliphatic rings. The van der Waals surface area contributed by atoms with Crippen LogP contribution in [0.2, 0.25) is 0 Å². The van der Waals surface area contributed by atoms with E-state index in [9.17, 15) is 14.0 Å². The lowest BCUT2D eigenvalue weighted by molar-refractivity contribution is -0.116. The van der Waals surface area contributed by atoms with E-state index in [-0.39, 0.29) is 23.8 Å². The second-order valence-corrected chi connectivity index (χ2v) is 8.81. The van der Waals surface area contributed by atoms with Crippen LogP contribution in [0.3, 0.4) is 0 Å². The largest absolute Gasteiger partial charge is 0.324 e. The van der Waals surface area contributed by atoms with Gasteiger partial charge >= 0.3 is 0 Å². The molecular weight excluding hydrogens is 425 g/mol. The fourth-order valence-electron chi connectivity index (χ4n) is 3.95. The van der Waals surface area contributed by atoms with E-state index in [0.29, 0.717) is 10.2 Å². The molecule has 4 aromatic rings. The summed E-state index contributed by atoms with van der Waals surface area (Å²) in [6, 6.07) is 12.0. The number of benzene rings is 2. The maximum absolute atomic E-state index is 13.4. The maximum atomic E-state index is 13.4. The molecule has 164 valence electrons. The fourth-order valence-corrected chi connectivity index (χ4v) is 4.95. The van der Waals surface area contributed by atoms with Crippen LogP contribution < -0.4 is 10.9 Å². The van der Waals surface area contributed by atoms with E-state index in [4.69, 9.17) is 0 Å². The van der Waals surface area contributed by atoms with Crippen LogP contribution in [0.5, 0.6) is 0 Å². The van der Waals surface area contributed by atoms with Gasteiger partial charge in [-0.15, -0.1) is 11.3 Å². The quantitative estimate of drug-likeness (QED) is 0.432. The molecule has 0 atom stereocenters. The predicted molar refractivity (Wildman–Crippen MR) is 128 cm³/mol. The highest BCUT2D eigenvalue weighted by Gasteiger charge is 2.18. The molecule has 7 heteroatoms. The first kappa shape index (κ1) is 21.9. The van der Waals surface area contributed by atoms with Gasteiger partial charge in [-0.2, -0.15) is 0 Å². The maximum Gasteiger partial charge on any atom is 0.263 e. The Kier molecular flexibility index (Phi) is 6.19. The molecule has 0 fully saturated rings. The Morgan fingerprint density at radius 1 is 1.09 bits per heavy atom. The average molecular weight is 450 g/mol. The fraction of sp³-hybridized carbons (Fsp3) is 0.240. The normalized spacial score (nSPS) is 11.1. The lowest BCUT2D eigenvalue weighted by Gasteiger charge is -2.15. The number of nitrogens with zero attached hydrogens (tertiary/aromatic N) is 2. The van der Waals surface area contributed by atoms with Gasteiger partial charge in [0.25, 0.3) is 5.56 Å². The van der Waals surface area contributed by atoms with E-state index in [2.05, 4.69) is 10.3 Å². The van der Waals surface area contributed by atoms with Gasteiger partial charge in [0.15, 0.2) is 0 Å². The molecule has 0 spiro atoms. The molecule has 0 bridgehead atoms. The molecule has 1 amide bonds. The number of carbonyl (C=O) groups excluding carboxylic acids is 1. The van der Waals surface area contributed by atoms with E-state index in [1.54, 1.807) is 12.1 Å². The zero-order valence-electron chi connectivity index (χ0n) is 18.2. The van der Waals surface area contributed by atoms with Gasteiger partial charge in [-0.3, -0.25) is 14.2 Å². The van der Waals surface area contributed by atoms with Gasteiger partial charge in [0.05, 0.1) is 11.7 Å². The van der Waals surface area contributed by atoms with Gasteiger partial charge in [-0.05, 0) is 48.6 Å². The summed E-state index contributed by atoms with van der Waals surface area (Å²) in [7, 11) is 0. The minimum atomic E-state index is -0.336. The molecule has 2 aromatic heterocycles. The number of anilines is 1. The SMILES string of the molecule is CCc1cccc(CC)c1NC(=O)Cn1cnc2sc(C)c(-c3ccc(F)cc3)c2c1=O. The summed E-state index contributed by atoms with van der Waals surface area (Å²) in [5.41, 5.74) is 4.15. The zero-order chi connectivity index (χ0) is 22.8. The predicted octanol–water partition coefficient (Wildman–Crippen LogP) is 5.34. The standard InChI is InChI=1S/C25H24FN3O2S/c1-4-16-7-6-8-17(5-2)23(16)28-20(30)13-29-14-27-24-22(25(29)31)21(15(3)32-24)18-9-11-19(26)12-10-18/h6-12,14H,4-5,13H2,1-3H3,(H,28,30). The molecule has 0 unspecified atom stereocenters. The third-order valence-corrected chi connectivity index (χ3v) is 6.58. The van der Waals surface area contributed by atoms with Crippen molar-refractivity contribution >= 4 is 33.1 Å². The van der Waals surface area contributed by atoms with Gasteiger partial charge in [0.1, 0.15) is 17.2 Å². The molecule has 0 aliphatic carbocycles. The van der Waals surface area contributed by atoms with Crippen LogP contribution in [0.15, 0.2) is 53.6 Å². The Balaban J connectivity index is 1.70. The number of hydrogen-bond acceptors (Lipinski definition) is 4. The number of rotatable bonds is 6. The number of para-hydroxylation sites is 1. The number of thiophene rings is 1. The van der Waals surface area contributed by atoms with Crippen molar-refractivity contribution in [2.45, 2.75) is 40.2 Å². The van der Waals surface area contributed by atoms with Crippen molar-refractivity contribution in [2.24, 2.45) is 0 Å². The van der Waals surface area contributed by atoms with Crippen molar-refractivity contribution < 1.29 is 9.18 Å². The first-order valence-corrected chi connectivity index (χ1v) is 11.4. The minimum Gasteiger partial charge on any atom is -0.324 e. The lowest BCUT2D eigenvalue weighted by atomic mass is 10.0. The molecule has 0 saturated carbocycles.